The molecular weight excluding hydrogens is 396 g/mol. The Hall–Kier alpha value is -3.32. The first-order valence-electron chi connectivity index (χ1n) is 8.86. The van der Waals surface area contributed by atoms with Crippen LogP contribution in [-0.2, 0) is 19.1 Å². The van der Waals surface area contributed by atoms with Crippen LogP contribution in [0.25, 0.3) is 6.08 Å². The highest BCUT2D eigenvalue weighted by Crippen LogP contribution is 2.33. The SMILES string of the molecule is CNC(=O)C1CN(C(=O)COC(=O)/C=C/c2ccccc2Cl)c2ccccc2O1. The van der Waals surface area contributed by atoms with Crippen molar-refractivity contribution in [3.05, 3.63) is 65.2 Å². The fourth-order valence-corrected chi connectivity index (χ4v) is 2.99. The van der Waals surface area contributed by atoms with Gasteiger partial charge < -0.3 is 19.7 Å². The van der Waals surface area contributed by atoms with E-state index in [0.717, 1.165) is 0 Å². The number of rotatable bonds is 5. The number of fused-ring (bicyclic) bond motifs is 1. The first-order valence-corrected chi connectivity index (χ1v) is 9.24. The topological polar surface area (TPSA) is 84.9 Å². The van der Waals surface area contributed by atoms with Crippen molar-refractivity contribution >= 4 is 41.1 Å². The lowest BCUT2D eigenvalue weighted by Gasteiger charge is -2.33. The minimum atomic E-state index is -0.852. The molecule has 2 aromatic rings. The average molecular weight is 415 g/mol. The van der Waals surface area contributed by atoms with E-state index in [1.165, 1.54) is 24.1 Å². The summed E-state index contributed by atoms with van der Waals surface area (Å²) < 4.78 is 10.7. The summed E-state index contributed by atoms with van der Waals surface area (Å²) in [7, 11) is 1.49. The summed E-state index contributed by atoms with van der Waals surface area (Å²) in [5.41, 5.74) is 1.17. The number of carbonyl (C=O) groups excluding carboxylic acids is 3. The lowest BCUT2D eigenvalue weighted by molar-refractivity contribution is -0.143. The van der Waals surface area contributed by atoms with Gasteiger partial charge in [0.05, 0.1) is 12.2 Å². The largest absolute Gasteiger partial charge is 0.477 e. The Balaban J connectivity index is 1.65. The van der Waals surface area contributed by atoms with Crippen molar-refractivity contribution in [2.45, 2.75) is 6.10 Å². The van der Waals surface area contributed by atoms with Crippen molar-refractivity contribution in [2.75, 3.05) is 25.1 Å². The fraction of sp³-hybridized carbons (Fsp3) is 0.190. The van der Waals surface area contributed by atoms with Crippen molar-refractivity contribution in [1.82, 2.24) is 5.32 Å². The summed E-state index contributed by atoms with van der Waals surface area (Å²) in [6.45, 7) is -0.455. The van der Waals surface area contributed by atoms with Gasteiger partial charge in [-0.1, -0.05) is 41.9 Å². The van der Waals surface area contributed by atoms with Gasteiger partial charge in [0, 0.05) is 18.1 Å². The molecule has 0 saturated heterocycles. The number of hydrogen-bond acceptors (Lipinski definition) is 5. The van der Waals surface area contributed by atoms with Gasteiger partial charge in [-0.15, -0.1) is 0 Å². The molecule has 1 heterocycles. The van der Waals surface area contributed by atoms with Gasteiger partial charge in [-0.2, -0.15) is 0 Å². The van der Waals surface area contributed by atoms with E-state index in [0.29, 0.717) is 22.0 Å². The lowest BCUT2D eigenvalue weighted by atomic mass is 10.1. The van der Waals surface area contributed by atoms with Crippen LogP contribution in [0.4, 0.5) is 5.69 Å². The van der Waals surface area contributed by atoms with Gasteiger partial charge in [0.15, 0.2) is 12.7 Å². The first-order chi connectivity index (χ1) is 14.0. The molecule has 1 N–H and O–H groups in total. The van der Waals surface area contributed by atoms with Crippen LogP contribution in [-0.4, -0.2) is 44.1 Å². The second-order valence-electron chi connectivity index (χ2n) is 6.16. The third-order valence-corrected chi connectivity index (χ3v) is 4.60. The third kappa shape index (κ3) is 4.94. The van der Waals surface area contributed by atoms with Gasteiger partial charge in [0.1, 0.15) is 5.75 Å². The van der Waals surface area contributed by atoms with E-state index in [2.05, 4.69) is 5.32 Å². The Kier molecular flexibility index (Phi) is 6.51. The average Bonchev–Trinajstić information content (AvgIpc) is 2.75. The number of ether oxygens (including phenoxy) is 2. The van der Waals surface area contributed by atoms with Crippen LogP contribution < -0.4 is 15.0 Å². The maximum absolute atomic E-state index is 12.7. The van der Waals surface area contributed by atoms with Crippen molar-refractivity contribution in [2.24, 2.45) is 0 Å². The van der Waals surface area contributed by atoms with Gasteiger partial charge in [-0.25, -0.2) is 4.79 Å². The Morgan fingerprint density at radius 1 is 1.21 bits per heavy atom. The van der Waals surface area contributed by atoms with E-state index in [1.54, 1.807) is 48.5 Å². The number of anilines is 1. The Bertz CT molecular complexity index is 960. The molecule has 0 bridgehead atoms. The number of benzene rings is 2. The summed E-state index contributed by atoms with van der Waals surface area (Å²) in [4.78, 5) is 38.0. The molecule has 0 aliphatic carbocycles. The van der Waals surface area contributed by atoms with Gasteiger partial charge in [-0.05, 0) is 29.8 Å². The van der Waals surface area contributed by atoms with Crippen LogP contribution in [0.2, 0.25) is 5.02 Å². The molecule has 2 aromatic carbocycles. The van der Waals surface area contributed by atoms with Crippen molar-refractivity contribution < 1.29 is 23.9 Å². The molecule has 1 unspecified atom stereocenters. The van der Waals surface area contributed by atoms with Crippen LogP contribution in [0.1, 0.15) is 5.56 Å². The molecule has 1 aliphatic rings. The molecule has 29 heavy (non-hydrogen) atoms. The standard InChI is InChI=1S/C21H19ClN2O5/c1-23-21(27)18-12-24(16-8-4-5-9-17(16)29-18)19(25)13-28-20(26)11-10-14-6-2-3-7-15(14)22/h2-11,18H,12-13H2,1H3,(H,23,27)/b11-10+. The number of para-hydroxylation sites is 2. The molecule has 2 amide bonds. The number of halogens is 1. The Morgan fingerprint density at radius 3 is 2.69 bits per heavy atom. The van der Waals surface area contributed by atoms with Crippen molar-refractivity contribution in [3.63, 3.8) is 0 Å². The zero-order chi connectivity index (χ0) is 20.8. The first kappa shape index (κ1) is 20.4. The summed E-state index contributed by atoms with van der Waals surface area (Å²) in [6, 6.07) is 13.9. The number of likely N-dealkylation sites (N-methyl/N-ethyl adjacent to an activating group) is 1. The summed E-state index contributed by atoms with van der Waals surface area (Å²) in [6.07, 6.45) is 1.87. The zero-order valence-corrected chi connectivity index (χ0v) is 16.4. The molecule has 0 aromatic heterocycles. The van der Waals surface area contributed by atoms with Crippen LogP contribution in [0.3, 0.4) is 0 Å². The highest BCUT2D eigenvalue weighted by atomic mass is 35.5. The number of amides is 2. The maximum Gasteiger partial charge on any atom is 0.331 e. The smallest absolute Gasteiger partial charge is 0.331 e. The van der Waals surface area contributed by atoms with Crippen LogP contribution >= 0.6 is 11.6 Å². The summed E-state index contributed by atoms with van der Waals surface area (Å²) in [5, 5.41) is 3.00. The molecule has 7 nitrogen and oxygen atoms in total. The second-order valence-corrected chi connectivity index (χ2v) is 6.56. The molecule has 1 atom stereocenters. The molecule has 0 saturated carbocycles. The van der Waals surface area contributed by atoms with Crippen molar-refractivity contribution in [1.29, 1.82) is 0 Å². The normalized spacial score (nSPS) is 15.4. The second kappa shape index (κ2) is 9.25. The molecule has 8 heteroatoms. The minimum Gasteiger partial charge on any atom is -0.477 e. The molecular formula is C21H19ClN2O5. The Morgan fingerprint density at radius 2 is 1.93 bits per heavy atom. The van der Waals surface area contributed by atoms with E-state index in [9.17, 15) is 14.4 Å². The van der Waals surface area contributed by atoms with Gasteiger partial charge in [0.25, 0.3) is 11.8 Å². The van der Waals surface area contributed by atoms with E-state index in [4.69, 9.17) is 21.1 Å². The zero-order valence-electron chi connectivity index (χ0n) is 15.6. The predicted molar refractivity (Wildman–Crippen MR) is 109 cm³/mol. The molecule has 1 aliphatic heterocycles. The predicted octanol–water partition coefficient (Wildman–Crippen LogP) is 2.44. The molecule has 3 rings (SSSR count). The number of hydrogen-bond donors (Lipinski definition) is 1. The van der Waals surface area contributed by atoms with Gasteiger partial charge in [0.2, 0.25) is 0 Å². The number of esters is 1. The Labute approximate surface area is 172 Å². The molecule has 0 fully saturated rings. The molecule has 0 spiro atoms. The lowest BCUT2D eigenvalue weighted by Crippen LogP contribution is -2.51. The van der Waals surface area contributed by atoms with E-state index >= 15 is 0 Å². The van der Waals surface area contributed by atoms with Gasteiger partial charge in [-0.3, -0.25) is 9.59 Å². The quantitative estimate of drug-likeness (QED) is 0.600. The van der Waals surface area contributed by atoms with Crippen LogP contribution in [0.5, 0.6) is 5.75 Å². The fourth-order valence-electron chi connectivity index (χ4n) is 2.80. The van der Waals surface area contributed by atoms with E-state index in [-0.39, 0.29) is 12.5 Å². The highest BCUT2D eigenvalue weighted by Gasteiger charge is 2.33. The van der Waals surface area contributed by atoms with E-state index in [1.807, 2.05) is 0 Å². The van der Waals surface area contributed by atoms with Crippen molar-refractivity contribution in [3.8, 4) is 5.75 Å². The minimum absolute atomic E-state index is 0.0164. The van der Waals surface area contributed by atoms with Crippen LogP contribution in [0.15, 0.2) is 54.6 Å². The van der Waals surface area contributed by atoms with E-state index < -0.39 is 24.6 Å². The number of nitrogens with zero attached hydrogens (tertiary/aromatic N) is 1. The highest BCUT2D eigenvalue weighted by molar-refractivity contribution is 6.32. The third-order valence-electron chi connectivity index (χ3n) is 4.26. The monoisotopic (exact) mass is 414 g/mol. The van der Waals surface area contributed by atoms with Gasteiger partial charge >= 0.3 is 5.97 Å². The number of carbonyl (C=O) groups is 3. The maximum atomic E-state index is 12.7. The van der Waals surface area contributed by atoms with Crippen LogP contribution in [0, 0.1) is 0 Å². The molecule has 150 valence electrons. The summed E-state index contributed by atoms with van der Waals surface area (Å²) >= 11 is 6.03. The number of nitrogens with one attached hydrogen (secondary N) is 1. The molecule has 0 radical (unpaired) electrons. The summed E-state index contributed by atoms with van der Waals surface area (Å²) in [5.74, 6) is -1.08.